The maximum Gasteiger partial charge on any atom is 0.0540 e. The van der Waals surface area contributed by atoms with E-state index in [0.717, 1.165) is 11.4 Å². The van der Waals surface area contributed by atoms with Crippen LogP contribution in [0.5, 0.6) is 0 Å². The second-order valence-corrected chi connectivity index (χ2v) is 13.8. The standard InChI is InChI=1S/C48H37N/c1-32-13-11-21-43-46(32)42-30-28-38(31-44(42)48(43,2)3)49(45-22-12-18-33-14-7-9-19-39(33)45)37-26-23-35(24-27-37)41-29-25-34-15-8-10-20-40(34)47(41)36-16-5-4-6-17-36/h4-31H,1-3H3. The van der Waals surface area contributed by atoms with Crippen LogP contribution < -0.4 is 4.90 Å². The molecule has 0 radical (unpaired) electrons. The molecule has 0 aliphatic heterocycles. The molecule has 0 atom stereocenters. The van der Waals surface area contributed by atoms with Crippen molar-refractivity contribution >= 4 is 38.6 Å². The van der Waals surface area contributed by atoms with Crippen molar-refractivity contribution in [2.45, 2.75) is 26.2 Å². The molecule has 1 heteroatoms. The van der Waals surface area contributed by atoms with Gasteiger partial charge in [-0.15, -0.1) is 0 Å². The summed E-state index contributed by atoms with van der Waals surface area (Å²) in [5.74, 6) is 0. The molecule has 49 heavy (non-hydrogen) atoms. The number of hydrogen-bond donors (Lipinski definition) is 0. The first-order valence-electron chi connectivity index (χ1n) is 17.2. The molecular formula is C48H37N. The zero-order chi connectivity index (χ0) is 33.1. The van der Waals surface area contributed by atoms with Gasteiger partial charge < -0.3 is 4.90 Å². The summed E-state index contributed by atoms with van der Waals surface area (Å²) in [5, 5.41) is 4.98. The summed E-state index contributed by atoms with van der Waals surface area (Å²) in [7, 11) is 0. The van der Waals surface area contributed by atoms with Crippen LogP contribution in [0.15, 0.2) is 170 Å². The second kappa shape index (κ2) is 11.4. The Bertz CT molecular complexity index is 2520. The molecule has 0 unspecified atom stereocenters. The molecule has 234 valence electrons. The fourth-order valence-electron chi connectivity index (χ4n) is 8.15. The SMILES string of the molecule is Cc1cccc2c1-c1ccc(N(c3ccc(-c4ccc5ccccc5c4-c4ccccc4)cc3)c3cccc4ccccc34)cc1C2(C)C. The molecular weight excluding hydrogens is 591 g/mol. The molecule has 0 saturated heterocycles. The predicted octanol–water partition coefficient (Wildman–Crippen LogP) is 13.4. The maximum atomic E-state index is 2.44. The van der Waals surface area contributed by atoms with E-state index >= 15 is 0 Å². The Morgan fingerprint density at radius 2 is 1.06 bits per heavy atom. The van der Waals surface area contributed by atoms with Crippen LogP contribution in [0.2, 0.25) is 0 Å². The molecule has 0 N–H and O–H groups in total. The van der Waals surface area contributed by atoms with Crippen molar-refractivity contribution in [1.82, 2.24) is 0 Å². The van der Waals surface area contributed by atoms with Crippen LogP contribution in [-0.2, 0) is 5.41 Å². The average molecular weight is 628 g/mol. The highest BCUT2D eigenvalue weighted by Crippen LogP contribution is 2.52. The van der Waals surface area contributed by atoms with Gasteiger partial charge in [-0.3, -0.25) is 0 Å². The molecule has 8 aromatic rings. The van der Waals surface area contributed by atoms with E-state index in [1.165, 1.54) is 77.3 Å². The molecule has 0 bridgehead atoms. The fourth-order valence-corrected chi connectivity index (χ4v) is 8.15. The van der Waals surface area contributed by atoms with Gasteiger partial charge in [-0.25, -0.2) is 0 Å². The Balaban J connectivity index is 1.22. The Morgan fingerprint density at radius 3 is 1.86 bits per heavy atom. The van der Waals surface area contributed by atoms with Crippen molar-refractivity contribution in [3.8, 4) is 33.4 Å². The van der Waals surface area contributed by atoms with Crippen LogP contribution in [0.4, 0.5) is 17.1 Å². The van der Waals surface area contributed by atoms with Gasteiger partial charge >= 0.3 is 0 Å². The van der Waals surface area contributed by atoms with Crippen LogP contribution in [0.3, 0.4) is 0 Å². The first kappa shape index (κ1) is 29.2. The normalized spacial score (nSPS) is 13.0. The number of fused-ring (bicyclic) bond motifs is 5. The van der Waals surface area contributed by atoms with E-state index in [0.29, 0.717) is 0 Å². The molecule has 9 rings (SSSR count). The van der Waals surface area contributed by atoms with Crippen LogP contribution in [0, 0.1) is 6.92 Å². The second-order valence-electron chi connectivity index (χ2n) is 13.8. The summed E-state index contributed by atoms with van der Waals surface area (Å²) in [5.41, 5.74) is 15.2. The molecule has 0 aromatic heterocycles. The van der Waals surface area contributed by atoms with Crippen LogP contribution in [-0.4, -0.2) is 0 Å². The van der Waals surface area contributed by atoms with Crippen molar-refractivity contribution in [1.29, 1.82) is 0 Å². The number of anilines is 3. The van der Waals surface area contributed by atoms with Crippen molar-refractivity contribution in [3.63, 3.8) is 0 Å². The minimum absolute atomic E-state index is 0.0924. The fraction of sp³-hybridized carbons (Fsp3) is 0.0833. The molecule has 1 nitrogen and oxygen atoms in total. The van der Waals surface area contributed by atoms with Gasteiger partial charge in [0.15, 0.2) is 0 Å². The average Bonchev–Trinajstić information content (AvgIpc) is 3.38. The first-order valence-corrected chi connectivity index (χ1v) is 17.2. The van der Waals surface area contributed by atoms with Gasteiger partial charge in [0, 0.05) is 22.2 Å². The van der Waals surface area contributed by atoms with E-state index in [4.69, 9.17) is 0 Å². The Labute approximate surface area is 288 Å². The summed E-state index contributed by atoms with van der Waals surface area (Å²) < 4.78 is 0. The molecule has 1 aliphatic rings. The van der Waals surface area contributed by atoms with Gasteiger partial charge in [0.1, 0.15) is 0 Å². The third-order valence-electron chi connectivity index (χ3n) is 10.6. The highest BCUT2D eigenvalue weighted by molar-refractivity contribution is 6.04. The van der Waals surface area contributed by atoms with Gasteiger partial charge in [0.2, 0.25) is 0 Å². The smallest absolute Gasteiger partial charge is 0.0540 e. The zero-order valence-electron chi connectivity index (χ0n) is 28.1. The van der Waals surface area contributed by atoms with Crippen molar-refractivity contribution in [3.05, 3.63) is 187 Å². The Morgan fingerprint density at radius 1 is 0.429 bits per heavy atom. The van der Waals surface area contributed by atoms with Crippen LogP contribution >= 0.6 is 0 Å². The van der Waals surface area contributed by atoms with Crippen molar-refractivity contribution < 1.29 is 0 Å². The molecule has 0 fully saturated rings. The Hall–Kier alpha value is -5.92. The minimum atomic E-state index is -0.0924. The van der Waals surface area contributed by atoms with Gasteiger partial charge in [-0.2, -0.15) is 0 Å². The number of aryl methyl sites for hydroxylation is 1. The summed E-state index contributed by atoms with van der Waals surface area (Å²) in [4.78, 5) is 2.44. The quantitative estimate of drug-likeness (QED) is 0.183. The Kier molecular flexibility index (Phi) is 6.78. The largest absolute Gasteiger partial charge is 0.310 e. The lowest BCUT2D eigenvalue weighted by atomic mass is 9.82. The lowest BCUT2D eigenvalue weighted by Gasteiger charge is -2.29. The lowest BCUT2D eigenvalue weighted by molar-refractivity contribution is 0.660. The summed E-state index contributed by atoms with van der Waals surface area (Å²) in [6.07, 6.45) is 0. The predicted molar refractivity (Wildman–Crippen MR) is 209 cm³/mol. The number of benzene rings is 8. The van der Waals surface area contributed by atoms with E-state index in [1.54, 1.807) is 0 Å². The van der Waals surface area contributed by atoms with E-state index < -0.39 is 0 Å². The number of nitrogens with zero attached hydrogens (tertiary/aromatic N) is 1. The highest BCUT2D eigenvalue weighted by Gasteiger charge is 2.36. The lowest BCUT2D eigenvalue weighted by Crippen LogP contribution is -2.16. The zero-order valence-corrected chi connectivity index (χ0v) is 28.1. The molecule has 0 heterocycles. The first-order chi connectivity index (χ1) is 24.0. The van der Waals surface area contributed by atoms with Gasteiger partial charge in [0.25, 0.3) is 0 Å². The van der Waals surface area contributed by atoms with E-state index in [1.807, 2.05) is 0 Å². The van der Waals surface area contributed by atoms with Crippen molar-refractivity contribution in [2.24, 2.45) is 0 Å². The van der Waals surface area contributed by atoms with Crippen LogP contribution in [0.25, 0.3) is 54.9 Å². The van der Waals surface area contributed by atoms with E-state index in [-0.39, 0.29) is 5.41 Å². The molecule has 8 aromatic carbocycles. The topological polar surface area (TPSA) is 3.24 Å². The van der Waals surface area contributed by atoms with Gasteiger partial charge in [-0.1, -0.05) is 153 Å². The number of hydrogen-bond acceptors (Lipinski definition) is 1. The third kappa shape index (κ3) is 4.69. The summed E-state index contributed by atoms with van der Waals surface area (Å²) >= 11 is 0. The molecule has 0 spiro atoms. The minimum Gasteiger partial charge on any atom is -0.310 e. The summed E-state index contributed by atoms with van der Waals surface area (Å²) in [6, 6.07) is 62.4. The molecule has 0 saturated carbocycles. The van der Waals surface area contributed by atoms with Crippen LogP contribution in [0.1, 0.15) is 30.5 Å². The molecule has 0 amide bonds. The van der Waals surface area contributed by atoms with Gasteiger partial charge in [0.05, 0.1) is 5.69 Å². The highest BCUT2D eigenvalue weighted by atomic mass is 15.1. The molecule has 1 aliphatic carbocycles. The summed E-state index contributed by atoms with van der Waals surface area (Å²) in [6.45, 7) is 6.97. The van der Waals surface area contributed by atoms with Gasteiger partial charge in [-0.05, 0) is 103 Å². The van der Waals surface area contributed by atoms with E-state index in [2.05, 4.69) is 196 Å². The van der Waals surface area contributed by atoms with E-state index in [9.17, 15) is 0 Å². The van der Waals surface area contributed by atoms with Crippen molar-refractivity contribution in [2.75, 3.05) is 4.90 Å². The monoisotopic (exact) mass is 627 g/mol. The third-order valence-corrected chi connectivity index (χ3v) is 10.6. The number of rotatable bonds is 5. The maximum absolute atomic E-state index is 2.44.